The van der Waals surface area contributed by atoms with Crippen LogP contribution < -0.4 is 5.32 Å². The number of halogens is 1. The van der Waals surface area contributed by atoms with Crippen molar-refractivity contribution in [2.75, 3.05) is 0 Å². The van der Waals surface area contributed by atoms with Crippen molar-refractivity contribution in [3.8, 4) is 0 Å². The second kappa shape index (κ2) is 5.10. The standard InChI is InChI=1S/C13H15FN2O/c1-9-5-12(14)4-3-11(9)7-15-8-13-6-10(2)17-16-13/h3-6,15H,7-8H2,1-2H3. The molecule has 0 saturated heterocycles. The largest absolute Gasteiger partial charge is 0.361 e. The van der Waals surface area contributed by atoms with Gasteiger partial charge in [0.25, 0.3) is 0 Å². The van der Waals surface area contributed by atoms with E-state index in [9.17, 15) is 4.39 Å². The Morgan fingerprint density at radius 3 is 2.71 bits per heavy atom. The summed E-state index contributed by atoms with van der Waals surface area (Å²) in [6, 6.07) is 6.71. The number of nitrogens with one attached hydrogen (secondary N) is 1. The van der Waals surface area contributed by atoms with Gasteiger partial charge in [-0.15, -0.1) is 0 Å². The van der Waals surface area contributed by atoms with E-state index in [1.165, 1.54) is 12.1 Å². The van der Waals surface area contributed by atoms with Gasteiger partial charge in [0.05, 0.1) is 5.69 Å². The van der Waals surface area contributed by atoms with Crippen LogP contribution in [0.15, 0.2) is 28.8 Å². The molecule has 0 amide bonds. The monoisotopic (exact) mass is 234 g/mol. The zero-order chi connectivity index (χ0) is 12.3. The summed E-state index contributed by atoms with van der Waals surface area (Å²) in [6.07, 6.45) is 0. The molecule has 0 aliphatic carbocycles. The van der Waals surface area contributed by atoms with Gasteiger partial charge in [0.2, 0.25) is 0 Å². The highest BCUT2D eigenvalue weighted by molar-refractivity contribution is 5.26. The van der Waals surface area contributed by atoms with Gasteiger partial charge in [-0.2, -0.15) is 0 Å². The quantitative estimate of drug-likeness (QED) is 0.883. The number of aromatic nitrogens is 1. The first-order chi connectivity index (χ1) is 8.15. The molecule has 0 spiro atoms. The number of hydrogen-bond acceptors (Lipinski definition) is 3. The van der Waals surface area contributed by atoms with E-state index >= 15 is 0 Å². The lowest BCUT2D eigenvalue weighted by Gasteiger charge is -2.06. The van der Waals surface area contributed by atoms with Crippen LogP contribution in [-0.4, -0.2) is 5.16 Å². The van der Waals surface area contributed by atoms with E-state index in [1.807, 2.05) is 19.9 Å². The summed E-state index contributed by atoms with van der Waals surface area (Å²) in [5.74, 6) is 0.609. The fraction of sp³-hybridized carbons (Fsp3) is 0.308. The van der Waals surface area contributed by atoms with Crippen LogP contribution in [0.25, 0.3) is 0 Å². The average molecular weight is 234 g/mol. The predicted octanol–water partition coefficient (Wildman–Crippen LogP) is 2.72. The molecular weight excluding hydrogens is 219 g/mol. The van der Waals surface area contributed by atoms with Crippen LogP contribution in [0, 0.1) is 19.7 Å². The van der Waals surface area contributed by atoms with Gasteiger partial charge in [-0.3, -0.25) is 0 Å². The minimum absolute atomic E-state index is 0.196. The van der Waals surface area contributed by atoms with E-state index in [4.69, 9.17) is 4.52 Å². The van der Waals surface area contributed by atoms with Gasteiger partial charge in [-0.05, 0) is 37.1 Å². The third kappa shape index (κ3) is 3.14. The first-order valence-electron chi connectivity index (χ1n) is 5.53. The first kappa shape index (κ1) is 11.8. The molecule has 0 aliphatic heterocycles. The number of nitrogens with zero attached hydrogens (tertiary/aromatic N) is 1. The molecule has 0 aliphatic rings. The Morgan fingerprint density at radius 1 is 1.24 bits per heavy atom. The third-order valence-electron chi connectivity index (χ3n) is 2.60. The SMILES string of the molecule is Cc1cc(CNCc2ccc(F)cc2C)no1. The molecule has 90 valence electrons. The van der Waals surface area contributed by atoms with Crippen molar-refractivity contribution in [1.82, 2.24) is 10.5 Å². The van der Waals surface area contributed by atoms with E-state index in [0.717, 1.165) is 22.6 Å². The summed E-state index contributed by atoms with van der Waals surface area (Å²) in [6.45, 7) is 5.10. The van der Waals surface area contributed by atoms with Gasteiger partial charge in [0.15, 0.2) is 0 Å². The molecule has 0 saturated carbocycles. The van der Waals surface area contributed by atoms with Crippen molar-refractivity contribution in [3.05, 3.63) is 52.7 Å². The van der Waals surface area contributed by atoms with Crippen LogP contribution in [0.5, 0.6) is 0 Å². The maximum absolute atomic E-state index is 12.9. The van der Waals surface area contributed by atoms with Gasteiger partial charge < -0.3 is 9.84 Å². The Morgan fingerprint density at radius 2 is 2.06 bits per heavy atom. The van der Waals surface area contributed by atoms with Crippen molar-refractivity contribution in [1.29, 1.82) is 0 Å². The lowest BCUT2D eigenvalue weighted by Crippen LogP contribution is -2.13. The van der Waals surface area contributed by atoms with Crippen molar-refractivity contribution in [3.63, 3.8) is 0 Å². The number of benzene rings is 1. The Labute approximate surface area is 99.6 Å². The number of hydrogen-bond donors (Lipinski definition) is 1. The molecule has 0 atom stereocenters. The molecule has 17 heavy (non-hydrogen) atoms. The second-order valence-corrected chi connectivity index (χ2v) is 4.10. The molecule has 0 fully saturated rings. The summed E-state index contributed by atoms with van der Waals surface area (Å²) in [7, 11) is 0. The van der Waals surface area contributed by atoms with Crippen LogP contribution in [0.4, 0.5) is 4.39 Å². The molecule has 1 aromatic heterocycles. The minimum atomic E-state index is -0.196. The van der Waals surface area contributed by atoms with Gasteiger partial charge >= 0.3 is 0 Å². The zero-order valence-electron chi connectivity index (χ0n) is 9.96. The fourth-order valence-electron chi connectivity index (χ4n) is 1.68. The highest BCUT2D eigenvalue weighted by atomic mass is 19.1. The third-order valence-corrected chi connectivity index (χ3v) is 2.60. The molecule has 4 heteroatoms. The van der Waals surface area contributed by atoms with E-state index in [2.05, 4.69) is 10.5 Å². The Hall–Kier alpha value is -1.68. The topological polar surface area (TPSA) is 38.1 Å². The molecule has 0 radical (unpaired) electrons. The van der Waals surface area contributed by atoms with Crippen molar-refractivity contribution in [2.24, 2.45) is 0 Å². The highest BCUT2D eigenvalue weighted by Gasteiger charge is 2.02. The van der Waals surface area contributed by atoms with Crippen molar-refractivity contribution < 1.29 is 8.91 Å². The molecule has 0 bridgehead atoms. The predicted molar refractivity (Wildman–Crippen MR) is 62.9 cm³/mol. The molecule has 0 unspecified atom stereocenters. The van der Waals surface area contributed by atoms with Crippen molar-refractivity contribution >= 4 is 0 Å². The minimum Gasteiger partial charge on any atom is -0.361 e. The van der Waals surface area contributed by atoms with E-state index in [0.29, 0.717) is 13.1 Å². The lowest BCUT2D eigenvalue weighted by atomic mass is 10.1. The smallest absolute Gasteiger partial charge is 0.133 e. The molecule has 2 aromatic rings. The molecule has 3 nitrogen and oxygen atoms in total. The van der Waals surface area contributed by atoms with Crippen LogP contribution in [-0.2, 0) is 13.1 Å². The molecule has 1 N–H and O–H groups in total. The normalized spacial score (nSPS) is 10.8. The summed E-state index contributed by atoms with van der Waals surface area (Å²) < 4.78 is 17.9. The van der Waals surface area contributed by atoms with Gasteiger partial charge in [0, 0.05) is 19.2 Å². The van der Waals surface area contributed by atoms with Gasteiger partial charge in [0.1, 0.15) is 11.6 Å². The van der Waals surface area contributed by atoms with Gasteiger partial charge in [-0.1, -0.05) is 11.2 Å². The molecular formula is C13H15FN2O. The van der Waals surface area contributed by atoms with E-state index in [1.54, 1.807) is 6.07 Å². The maximum atomic E-state index is 12.9. The average Bonchev–Trinajstić information content (AvgIpc) is 2.68. The molecule has 1 heterocycles. The molecule has 2 rings (SSSR count). The molecule has 1 aromatic carbocycles. The van der Waals surface area contributed by atoms with Crippen LogP contribution in [0.3, 0.4) is 0 Å². The van der Waals surface area contributed by atoms with E-state index < -0.39 is 0 Å². The fourth-order valence-corrected chi connectivity index (χ4v) is 1.68. The number of aryl methyl sites for hydroxylation is 2. The van der Waals surface area contributed by atoms with E-state index in [-0.39, 0.29) is 5.82 Å². The van der Waals surface area contributed by atoms with Crippen LogP contribution in [0.2, 0.25) is 0 Å². The van der Waals surface area contributed by atoms with Crippen molar-refractivity contribution in [2.45, 2.75) is 26.9 Å². The maximum Gasteiger partial charge on any atom is 0.133 e. The lowest BCUT2D eigenvalue weighted by molar-refractivity contribution is 0.388. The second-order valence-electron chi connectivity index (χ2n) is 4.10. The summed E-state index contributed by atoms with van der Waals surface area (Å²) in [4.78, 5) is 0. The Kier molecular flexibility index (Phi) is 3.54. The summed E-state index contributed by atoms with van der Waals surface area (Å²) >= 11 is 0. The number of rotatable bonds is 4. The highest BCUT2D eigenvalue weighted by Crippen LogP contribution is 2.10. The van der Waals surface area contributed by atoms with Crippen LogP contribution >= 0.6 is 0 Å². The zero-order valence-corrected chi connectivity index (χ0v) is 9.96. The summed E-state index contributed by atoms with van der Waals surface area (Å²) in [5, 5.41) is 7.13. The Balaban J connectivity index is 1.90. The first-order valence-corrected chi connectivity index (χ1v) is 5.53. The summed E-state index contributed by atoms with van der Waals surface area (Å²) in [5.41, 5.74) is 2.92. The van der Waals surface area contributed by atoms with Gasteiger partial charge in [-0.25, -0.2) is 4.39 Å². The Bertz CT molecular complexity index is 508. The van der Waals surface area contributed by atoms with Crippen LogP contribution in [0.1, 0.15) is 22.6 Å².